The highest BCUT2D eigenvalue weighted by Gasteiger charge is 2.37. The first-order valence-corrected chi connectivity index (χ1v) is 11.0. The predicted octanol–water partition coefficient (Wildman–Crippen LogP) is 3.20. The second kappa shape index (κ2) is 9.88. The lowest BCUT2D eigenvalue weighted by Gasteiger charge is -2.31. The molecule has 2 aromatic heterocycles. The number of carbonyl (C=O) groups excluding carboxylic acids is 2. The van der Waals surface area contributed by atoms with E-state index in [9.17, 15) is 9.59 Å². The second-order valence-corrected chi connectivity index (χ2v) is 8.11. The molecule has 0 saturated carbocycles. The van der Waals surface area contributed by atoms with Crippen LogP contribution in [0.5, 0.6) is 11.6 Å². The second-order valence-electron chi connectivity index (χ2n) is 7.68. The predicted molar refractivity (Wildman–Crippen MR) is 127 cm³/mol. The Labute approximate surface area is 208 Å². The summed E-state index contributed by atoms with van der Waals surface area (Å²) < 4.78 is 15.5. The van der Waals surface area contributed by atoms with Crippen molar-refractivity contribution < 1.29 is 23.4 Å². The number of hydrogen-bond donors (Lipinski definition) is 2. The van der Waals surface area contributed by atoms with Crippen LogP contribution in [0.4, 0.5) is 5.69 Å². The molecule has 0 saturated heterocycles. The van der Waals surface area contributed by atoms with E-state index in [0.717, 1.165) is 5.56 Å². The third kappa shape index (κ3) is 5.03. The van der Waals surface area contributed by atoms with Gasteiger partial charge in [-0.2, -0.15) is 4.98 Å². The largest absolute Gasteiger partial charge is 0.436 e. The molecule has 0 aliphatic carbocycles. The molecule has 2 amide bonds. The van der Waals surface area contributed by atoms with Gasteiger partial charge in [-0.25, -0.2) is 0 Å². The van der Waals surface area contributed by atoms with Gasteiger partial charge in [0.1, 0.15) is 17.9 Å². The number of guanidine groups is 1. The summed E-state index contributed by atoms with van der Waals surface area (Å²) in [7, 11) is 0. The molecule has 5 rings (SSSR count). The maximum Gasteiger partial charge on any atom is 0.290 e. The Bertz CT molecular complexity index is 1400. The Balaban J connectivity index is 1.39. The molecular weight excluding hydrogens is 490 g/mol. The van der Waals surface area contributed by atoms with Crippen LogP contribution in [0, 0.1) is 0 Å². The van der Waals surface area contributed by atoms with Crippen LogP contribution < -0.4 is 15.8 Å². The first kappa shape index (κ1) is 23.1. The van der Waals surface area contributed by atoms with Gasteiger partial charge >= 0.3 is 0 Å². The quantitative estimate of drug-likeness (QED) is 0.382. The fourth-order valence-corrected chi connectivity index (χ4v) is 3.56. The van der Waals surface area contributed by atoms with Gasteiger partial charge in [0.15, 0.2) is 0 Å². The first-order chi connectivity index (χ1) is 17.5. The highest BCUT2D eigenvalue weighted by atomic mass is 35.5. The van der Waals surface area contributed by atoms with Gasteiger partial charge in [-0.1, -0.05) is 28.9 Å². The maximum absolute atomic E-state index is 13.5. The smallest absolute Gasteiger partial charge is 0.290 e. The van der Waals surface area contributed by atoms with Gasteiger partial charge < -0.3 is 24.8 Å². The van der Waals surface area contributed by atoms with E-state index in [0.29, 0.717) is 28.3 Å². The van der Waals surface area contributed by atoms with Crippen molar-refractivity contribution in [3.8, 4) is 11.6 Å². The van der Waals surface area contributed by atoms with Gasteiger partial charge in [-0.05, 0) is 47.1 Å². The van der Waals surface area contributed by atoms with E-state index < -0.39 is 11.8 Å². The van der Waals surface area contributed by atoms with E-state index in [1.165, 1.54) is 11.2 Å². The van der Waals surface area contributed by atoms with E-state index >= 15 is 0 Å². The van der Waals surface area contributed by atoms with E-state index in [2.05, 4.69) is 25.6 Å². The fraction of sp³-hybridized carbons (Fsp3) is 0.130. The fourth-order valence-electron chi connectivity index (χ4n) is 3.44. The van der Waals surface area contributed by atoms with Crippen molar-refractivity contribution >= 4 is 35.1 Å². The van der Waals surface area contributed by atoms with Crippen molar-refractivity contribution in [3.63, 3.8) is 0 Å². The van der Waals surface area contributed by atoms with Crippen LogP contribution in [0.3, 0.4) is 0 Å². The van der Waals surface area contributed by atoms with Crippen molar-refractivity contribution in [2.24, 2.45) is 10.7 Å². The monoisotopic (exact) mass is 507 g/mol. The van der Waals surface area contributed by atoms with Crippen molar-refractivity contribution in [1.82, 2.24) is 20.2 Å². The first-order valence-electron chi connectivity index (χ1n) is 10.7. The van der Waals surface area contributed by atoms with E-state index in [1.54, 1.807) is 42.5 Å². The normalized spacial score (nSPS) is 15.5. The van der Waals surface area contributed by atoms with Gasteiger partial charge in [0.25, 0.3) is 17.6 Å². The number of amides is 2. The Morgan fingerprint density at radius 1 is 1.14 bits per heavy atom. The molecule has 0 spiro atoms. The van der Waals surface area contributed by atoms with Crippen molar-refractivity contribution in [2.45, 2.75) is 12.5 Å². The molecule has 2 aromatic carbocycles. The summed E-state index contributed by atoms with van der Waals surface area (Å²) in [6.45, 7) is 0.231. The average Bonchev–Trinajstić information content (AvgIpc) is 3.57. The van der Waals surface area contributed by atoms with Gasteiger partial charge in [0.05, 0.1) is 13.1 Å². The topological polar surface area (TPSA) is 162 Å². The molecule has 0 bridgehead atoms. The molecule has 3 N–H and O–H groups in total. The zero-order valence-corrected chi connectivity index (χ0v) is 19.3. The summed E-state index contributed by atoms with van der Waals surface area (Å²) in [5, 5.41) is 11.0. The summed E-state index contributed by atoms with van der Waals surface area (Å²) in [6, 6.07) is 15.7. The van der Waals surface area contributed by atoms with E-state index in [1.807, 2.05) is 12.1 Å². The molecule has 182 valence electrons. The van der Waals surface area contributed by atoms with Gasteiger partial charge in [-0.3, -0.25) is 19.5 Å². The number of nitrogens with two attached hydrogens (primary N) is 1. The Kier molecular flexibility index (Phi) is 6.33. The summed E-state index contributed by atoms with van der Waals surface area (Å²) in [5.41, 5.74) is 6.70. The van der Waals surface area contributed by atoms with Crippen LogP contribution in [0.1, 0.15) is 28.0 Å². The SMILES string of the molecule is NC(=O)c1noc(C2CN=C(Nc3ccc(Oc4ccon4)cc3)N(Cc3ccc(Cl)cc3)C2=O)n1. The molecule has 0 radical (unpaired) electrons. The average molecular weight is 508 g/mol. The molecule has 1 atom stereocenters. The van der Waals surface area contributed by atoms with Crippen LogP contribution in [-0.4, -0.2) is 44.5 Å². The number of nitrogens with zero attached hydrogens (tertiary/aromatic N) is 5. The maximum atomic E-state index is 13.5. The number of carbonyl (C=O) groups is 2. The summed E-state index contributed by atoms with van der Waals surface area (Å²) in [5.74, 6) is -1.20. The lowest BCUT2D eigenvalue weighted by Crippen LogP contribution is -2.47. The Morgan fingerprint density at radius 3 is 2.58 bits per heavy atom. The van der Waals surface area contributed by atoms with E-state index in [4.69, 9.17) is 31.1 Å². The number of benzene rings is 2. The van der Waals surface area contributed by atoms with Crippen LogP contribution in [0.2, 0.25) is 5.02 Å². The molecule has 1 unspecified atom stereocenters. The van der Waals surface area contributed by atoms with Crippen molar-refractivity contribution in [3.05, 3.63) is 83.2 Å². The molecule has 36 heavy (non-hydrogen) atoms. The summed E-state index contributed by atoms with van der Waals surface area (Å²) >= 11 is 6.01. The molecule has 13 heteroatoms. The number of aliphatic imine (C=N–C) groups is 1. The number of hydrogen-bond acceptors (Lipinski definition) is 10. The third-order valence-corrected chi connectivity index (χ3v) is 5.46. The Morgan fingerprint density at radius 2 is 1.92 bits per heavy atom. The number of anilines is 1. The molecule has 4 aromatic rings. The number of primary amides is 1. The molecule has 1 aliphatic heterocycles. The van der Waals surface area contributed by atoms with Crippen LogP contribution in [0.15, 0.2) is 74.9 Å². The van der Waals surface area contributed by atoms with Crippen molar-refractivity contribution in [2.75, 3.05) is 11.9 Å². The number of rotatable bonds is 7. The summed E-state index contributed by atoms with van der Waals surface area (Å²) in [6.07, 6.45) is 1.41. The highest BCUT2D eigenvalue weighted by Crippen LogP contribution is 2.26. The molecule has 12 nitrogen and oxygen atoms in total. The zero-order chi connectivity index (χ0) is 25.1. The minimum atomic E-state index is -0.873. The molecule has 3 heterocycles. The third-order valence-electron chi connectivity index (χ3n) is 5.20. The number of ether oxygens (including phenoxy) is 1. The number of nitrogens with one attached hydrogen (secondary N) is 1. The Hall–Kier alpha value is -4.71. The van der Waals surface area contributed by atoms with Crippen LogP contribution >= 0.6 is 11.6 Å². The van der Waals surface area contributed by atoms with Crippen molar-refractivity contribution in [1.29, 1.82) is 0 Å². The molecule has 1 aliphatic rings. The molecule has 0 fully saturated rings. The zero-order valence-electron chi connectivity index (χ0n) is 18.5. The van der Waals surface area contributed by atoms with Crippen LogP contribution in [0.25, 0.3) is 0 Å². The lowest BCUT2D eigenvalue weighted by atomic mass is 10.1. The van der Waals surface area contributed by atoms with Gasteiger partial charge in [-0.15, -0.1) is 0 Å². The summed E-state index contributed by atoms with van der Waals surface area (Å²) in [4.78, 5) is 34.8. The molecular formula is C23H18ClN7O5. The minimum absolute atomic E-state index is 0.0338. The van der Waals surface area contributed by atoms with E-state index in [-0.39, 0.29) is 30.7 Å². The number of halogens is 1. The van der Waals surface area contributed by atoms with Crippen LogP contribution in [-0.2, 0) is 11.3 Å². The minimum Gasteiger partial charge on any atom is -0.436 e. The van der Waals surface area contributed by atoms with Gasteiger partial charge in [0, 0.05) is 16.8 Å². The number of aromatic nitrogens is 3. The van der Waals surface area contributed by atoms with Gasteiger partial charge in [0.2, 0.25) is 17.8 Å². The lowest BCUT2D eigenvalue weighted by molar-refractivity contribution is -0.130. The highest BCUT2D eigenvalue weighted by molar-refractivity contribution is 6.30. The standard InChI is InChI=1S/C23H18ClN7O5/c24-14-3-1-13(2-4-14)12-31-22(33)17(21-28-20(19(25)32)30-36-21)11-26-23(31)27-15-5-7-16(8-6-15)35-18-9-10-34-29-18/h1-10,17H,11-12H2,(H2,25,32)(H,26,27).